The van der Waals surface area contributed by atoms with Gasteiger partial charge in [-0.15, -0.1) is 0 Å². The molecular formula is C10H15N2O3. The van der Waals surface area contributed by atoms with Crippen LogP contribution in [0.25, 0.3) is 0 Å². The van der Waals surface area contributed by atoms with Gasteiger partial charge in [0.05, 0.1) is 19.2 Å². The van der Waals surface area contributed by atoms with Crippen molar-refractivity contribution in [2.75, 3.05) is 39.4 Å². The molecule has 2 aliphatic rings. The van der Waals surface area contributed by atoms with E-state index in [1.165, 1.54) is 0 Å². The molecule has 2 heterocycles. The molecule has 0 bridgehead atoms. The Morgan fingerprint density at radius 1 is 1.53 bits per heavy atom. The van der Waals surface area contributed by atoms with Crippen molar-refractivity contribution in [3.63, 3.8) is 0 Å². The van der Waals surface area contributed by atoms with Crippen molar-refractivity contribution >= 4 is 11.7 Å². The zero-order valence-corrected chi connectivity index (χ0v) is 8.65. The second-order valence-corrected chi connectivity index (χ2v) is 4.03. The molecule has 2 fully saturated rings. The van der Waals surface area contributed by atoms with Crippen LogP contribution >= 0.6 is 0 Å². The number of Topliss-reactive ketones (excluding diaryl/α,β-unsaturated/α-hetero) is 1. The Bertz CT molecular complexity index is 280. The number of carbonyl (C=O) groups excluding carboxylic acids is 2. The van der Waals surface area contributed by atoms with Gasteiger partial charge in [0.25, 0.3) is 0 Å². The topological polar surface area (TPSA) is 49.9 Å². The van der Waals surface area contributed by atoms with E-state index in [1.807, 2.05) is 9.80 Å². The van der Waals surface area contributed by atoms with Crippen molar-refractivity contribution in [3.8, 4) is 0 Å². The first kappa shape index (κ1) is 10.6. The Labute approximate surface area is 89.0 Å². The highest BCUT2D eigenvalue weighted by molar-refractivity contribution is 5.84. The molecule has 1 radical (unpaired) electrons. The summed E-state index contributed by atoms with van der Waals surface area (Å²) in [6.07, 6.45) is 0. The smallest absolute Gasteiger partial charge is 0.248 e. The molecular weight excluding hydrogens is 196 g/mol. The molecule has 0 saturated carbocycles. The van der Waals surface area contributed by atoms with Gasteiger partial charge in [-0.25, -0.2) is 0 Å². The van der Waals surface area contributed by atoms with Gasteiger partial charge in [0.2, 0.25) is 5.91 Å². The van der Waals surface area contributed by atoms with Crippen molar-refractivity contribution in [3.05, 3.63) is 6.92 Å². The maximum atomic E-state index is 11.5. The second-order valence-electron chi connectivity index (χ2n) is 4.03. The van der Waals surface area contributed by atoms with Gasteiger partial charge in [-0.2, -0.15) is 0 Å². The largest absolute Gasteiger partial charge is 0.369 e. The molecule has 1 unspecified atom stereocenters. The molecule has 0 aromatic heterocycles. The van der Waals surface area contributed by atoms with Crippen LogP contribution in [-0.2, 0) is 14.3 Å². The summed E-state index contributed by atoms with van der Waals surface area (Å²) >= 11 is 0. The summed E-state index contributed by atoms with van der Waals surface area (Å²) in [5.41, 5.74) is 0. The SMILES string of the molecule is [CH2]C(=O)CN1CCN2C(=O)COCC2C1. The van der Waals surface area contributed by atoms with E-state index in [2.05, 4.69) is 6.92 Å². The molecule has 5 heteroatoms. The monoisotopic (exact) mass is 211 g/mol. The van der Waals surface area contributed by atoms with E-state index in [4.69, 9.17) is 4.74 Å². The standard InChI is InChI=1S/C10H15N2O3/c1-8(13)4-11-2-3-12-9(5-11)6-15-7-10(12)14/h9H,1-7H2. The number of carbonyl (C=O) groups is 2. The summed E-state index contributed by atoms with van der Waals surface area (Å²) in [6.45, 7) is 6.67. The Morgan fingerprint density at radius 3 is 3.07 bits per heavy atom. The fraction of sp³-hybridized carbons (Fsp3) is 0.700. The van der Waals surface area contributed by atoms with Crippen molar-refractivity contribution in [2.45, 2.75) is 6.04 Å². The maximum Gasteiger partial charge on any atom is 0.248 e. The molecule has 0 aromatic carbocycles. The third-order valence-corrected chi connectivity index (χ3v) is 2.82. The van der Waals surface area contributed by atoms with Crippen LogP contribution in [0.1, 0.15) is 0 Å². The van der Waals surface area contributed by atoms with Gasteiger partial charge in [-0.3, -0.25) is 14.5 Å². The molecule has 0 aromatic rings. The molecule has 5 nitrogen and oxygen atoms in total. The van der Waals surface area contributed by atoms with Crippen molar-refractivity contribution < 1.29 is 14.3 Å². The lowest BCUT2D eigenvalue weighted by Crippen LogP contribution is -2.60. The quantitative estimate of drug-likeness (QED) is 0.584. The predicted octanol–water partition coefficient (Wildman–Crippen LogP) is -1.07. The van der Waals surface area contributed by atoms with Crippen molar-refractivity contribution in [1.29, 1.82) is 0 Å². The lowest BCUT2D eigenvalue weighted by atomic mass is 10.1. The van der Waals surface area contributed by atoms with Gasteiger partial charge in [0.1, 0.15) is 12.4 Å². The first-order chi connectivity index (χ1) is 7.16. The Kier molecular flexibility index (Phi) is 3.02. The van der Waals surface area contributed by atoms with Gasteiger partial charge in [0, 0.05) is 26.6 Å². The lowest BCUT2D eigenvalue weighted by Gasteiger charge is -2.43. The van der Waals surface area contributed by atoms with E-state index in [0.717, 1.165) is 6.54 Å². The van der Waals surface area contributed by atoms with Crippen molar-refractivity contribution in [1.82, 2.24) is 9.80 Å². The first-order valence-corrected chi connectivity index (χ1v) is 5.11. The van der Waals surface area contributed by atoms with Crippen LogP contribution in [0.15, 0.2) is 0 Å². The van der Waals surface area contributed by atoms with Gasteiger partial charge in [0.15, 0.2) is 0 Å². The zero-order valence-electron chi connectivity index (χ0n) is 8.65. The Balaban J connectivity index is 1.93. The van der Waals surface area contributed by atoms with Gasteiger partial charge < -0.3 is 9.64 Å². The number of ketones is 1. The van der Waals surface area contributed by atoms with E-state index in [-0.39, 0.29) is 24.3 Å². The predicted molar refractivity (Wildman–Crippen MR) is 53.1 cm³/mol. The normalized spacial score (nSPS) is 27.7. The van der Waals surface area contributed by atoms with Gasteiger partial charge in [-0.1, -0.05) is 0 Å². The molecule has 0 N–H and O–H groups in total. The minimum absolute atomic E-state index is 0.0619. The molecule has 0 aliphatic carbocycles. The lowest BCUT2D eigenvalue weighted by molar-refractivity contribution is -0.152. The minimum atomic E-state index is -0.0773. The molecule has 0 spiro atoms. The number of ether oxygens (including phenoxy) is 1. The third-order valence-electron chi connectivity index (χ3n) is 2.82. The molecule has 2 saturated heterocycles. The van der Waals surface area contributed by atoms with Crippen LogP contribution in [-0.4, -0.2) is 66.9 Å². The summed E-state index contributed by atoms with van der Waals surface area (Å²) in [6, 6.07) is 0.111. The van der Waals surface area contributed by atoms with Gasteiger partial charge in [-0.05, 0) is 0 Å². The summed E-state index contributed by atoms with van der Waals surface area (Å²) in [5, 5.41) is 0. The number of amides is 1. The number of nitrogens with zero attached hydrogens (tertiary/aromatic N) is 2. The van der Waals surface area contributed by atoms with E-state index in [0.29, 0.717) is 26.2 Å². The van der Waals surface area contributed by atoms with E-state index in [9.17, 15) is 9.59 Å². The Morgan fingerprint density at radius 2 is 2.33 bits per heavy atom. The summed E-state index contributed by atoms with van der Waals surface area (Å²) in [4.78, 5) is 26.2. The number of morpholine rings is 1. The van der Waals surface area contributed by atoms with Crippen LogP contribution in [0.3, 0.4) is 0 Å². The second kappa shape index (κ2) is 4.28. The van der Waals surface area contributed by atoms with Crippen LogP contribution in [0.5, 0.6) is 0 Å². The van der Waals surface area contributed by atoms with E-state index < -0.39 is 0 Å². The fourth-order valence-corrected chi connectivity index (χ4v) is 2.15. The van der Waals surface area contributed by atoms with Crippen molar-refractivity contribution in [2.24, 2.45) is 0 Å². The minimum Gasteiger partial charge on any atom is -0.369 e. The van der Waals surface area contributed by atoms with Crippen LogP contribution in [0.2, 0.25) is 0 Å². The van der Waals surface area contributed by atoms with E-state index >= 15 is 0 Å². The molecule has 83 valence electrons. The average molecular weight is 211 g/mol. The Hall–Kier alpha value is -0.940. The summed E-state index contributed by atoms with van der Waals surface area (Å²) in [7, 11) is 0. The zero-order chi connectivity index (χ0) is 10.8. The summed E-state index contributed by atoms with van der Waals surface area (Å²) < 4.78 is 5.19. The highest BCUT2D eigenvalue weighted by Gasteiger charge is 2.33. The van der Waals surface area contributed by atoms with Crippen LogP contribution in [0.4, 0.5) is 0 Å². The van der Waals surface area contributed by atoms with E-state index in [1.54, 1.807) is 0 Å². The highest BCUT2D eigenvalue weighted by Crippen LogP contribution is 2.14. The fourth-order valence-electron chi connectivity index (χ4n) is 2.15. The van der Waals surface area contributed by atoms with Crippen LogP contribution in [0, 0.1) is 6.92 Å². The number of hydrogen-bond acceptors (Lipinski definition) is 4. The first-order valence-electron chi connectivity index (χ1n) is 5.11. The number of piperazine rings is 1. The van der Waals surface area contributed by atoms with Gasteiger partial charge >= 0.3 is 0 Å². The summed E-state index contributed by atoms with van der Waals surface area (Å²) in [5.74, 6) is -0.0154. The highest BCUT2D eigenvalue weighted by atomic mass is 16.5. The molecule has 2 rings (SSSR count). The number of fused-ring (bicyclic) bond motifs is 1. The van der Waals surface area contributed by atoms with Crippen LogP contribution < -0.4 is 0 Å². The average Bonchev–Trinajstić information content (AvgIpc) is 2.17. The maximum absolute atomic E-state index is 11.5. The molecule has 15 heavy (non-hydrogen) atoms. The molecule has 1 amide bonds. The molecule has 2 aliphatic heterocycles. The number of rotatable bonds is 2. The molecule has 1 atom stereocenters. The number of hydrogen-bond donors (Lipinski definition) is 0. The third kappa shape index (κ3) is 2.35.